The van der Waals surface area contributed by atoms with E-state index in [9.17, 15) is 61.0 Å². The van der Waals surface area contributed by atoms with Crippen LogP contribution in [0.15, 0.2) is 54.6 Å². The zero-order valence-electron chi connectivity index (χ0n) is 29.3. The minimum atomic E-state index is -1.92. The van der Waals surface area contributed by atoms with Gasteiger partial charge >= 0.3 is 5.97 Å². The molecule has 11 N–H and O–H groups in total. The standard InChI is InChI=1S/C36H46O19/c1-16-32(54-36-29(46)27(44)25(42)22(14-37)52-36)28(45)30(47)35(51-16)55-33-26(43)23(15-50-24(41)11-7-18-6-10-20(39)21(40)13-18)53-34(31(33)48)49-12-2-3-17-4-8-19(38)9-5-17/h2-11,13,16,22-23,25-40,42-48H,12,14-15H2,1H3/t16-,22+,23+,25+,26+,27-,28-,29+,30+,31+,32-,33-,34+,35-,36-/m0/s1. The van der Waals surface area contributed by atoms with E-state index in [4.69, 9.17) is 33.2 Å². The number of aromatic hydroxyl groups is 3. The van der Waals surface area contributed by atoms with Crippen LogP contribution in [0.25, 0.3) is 12.2 Å². The smallest absolute Gasteiger partial charge is 0.330 e. The van der Waals surface area contributed by atoms with Gasteiger partial charge in [-0.25, -0.2) is 4.79 Å². The van der Waals surface area contributed by atoms with Gasteiger partial charge in [0.25, 0.3) is 0 Å². The SMILES string of the molecule is C[C@@H]1O[C@@H](O[C@@H]2[C@@H](O)[C@H](OCC=Cc3ccc(O)cc3)O[C@H](COC(=O)C=Cc3ccc(O)c(O)c3)[C@H]2O)[C@H](O)[C@H](O)[C@H]1O[C@@H]1O[C@H](CO)[C@@H](O)[C@H](O)[C@H]1O. The molecule has 0 amide bonds. The quantitative estimate of drug-likeness (QED) is 0.0572. The van der Waals surface area contributed by atoms with E-state index in [0.29, 0.717) is 11.1 Å². The molecule has 0 bridgehead atoms. The van der Waals surface area contributed by atoms with Crippen LogP contribution in [-0.2, 0) is 38.0 Å². The number of carbonyl (C=O) groups is 1. The van der Waals surface area contributed by atoms with Gasteiger partial charge in [-0.15, -0.1) is 0 Å². The average molecular weight is 783 g/mol. The van der Waals surface area contributed by atoms with Gasteiger partial charge < -0.3 is 89.3 Å². The maximum atomic E-state index is 12.6. The van der Waals surface area contributed by atoms with Gasteiger partial charge in [-0.2, -0.15) is 0 Å². The van der Waals surface area contributed by atoms with Gasteiger partial charge in [0.2, 0.25) is 0 Å². The second-order valence-corrected chi connectivity index (χ2v) is 13.2. The van der Waals surface area contributed by atoms with Crippen LogP contribution < -0.4 is 0 Å². The monoisotopic (exact) mass is 782 g/mol. The molecule has 0 aliphatic carbocycles. The third-order valence-electron chi connectivity index (χ3n) is 9.21. The minimum absolute atomic E-state index is 0.0736. The number of hydrogen-bond acceptors (Lipinski definition) is 19. The number of rotatable bonds is 13. The van der Waals surface area contributed by atoms with Crippen molar-refractivity contribution in [2.75, 3.05) is 19.8 Å². The number of aliphatic hydroxyl groups is 8. The number of ether oxygens (including phenoxy) is 7. The van der Waals surface area contributed by atoms with Crippen LogP contribution in [0.1, 0.15) is 18.1 Å². The van der Waals surface area contributed by atoms with Gasteiger partial charge in [0.15, 0.2) is 30.4 Å². The molecule has 19 nitrogen and oxygen atoms in total. The number of phenolic OH excluding ortho intramolecular Hbond substituents is 3. The van der Waals surface area contributed by atoms with Crippen molar-refractivity contribution >= 4 is 18.1 Å². The molecule has 55 heavy (non-hydrogen) atoms. The fraction of sp³-hybridized carbons (Fsp3) is 0.528. The molecule has 5 rings (SSSR count). The van der Waals surface area contributed by atoms with Crippen LogP contribution in [0.3, 0.4) is 0 Å². The van der Waals surface area contributed by atoms with E-state index in [1.54, 1.807) is 24.3 Å². The Labute approximate surface area is 314 Å². The predicted octanol–water partition coefficient (Wildman–Crippen LogP) is -2.43. The normalized spacial score (nSPS) is 37.0. The van der Waals surface area contributed by atoms with Gasteiger partial charge in [0.05, 0.1) is 19.3 Å². The van der Waals surface area contributed by atoms with Gasteiger partial charge in [0.1, 0.15) is 79.5 Å². The Morgan fingerprint density at radius 3 is 2.00 bits per heavy atom. The fourth-order valence-corrected chi connectivity index (χ4v) is 6.08. The summed E-state index contributed by atoms with van der Waals surface area (Å²) in [6.45, 7) is -0.0724. The number of phenols is 3. The summed E-state index contributed by atoms with van der Waals surface area (Å²) in [7, 11) is 0. The Kier molecular flexibility index (Phi) is 14.6. The average Bonchev–Trinajstić information content (AvgIpc) is 3.16. The maximum absolute atomic E-state index is 12.6. The largest absolute Gasteiger partial charge is 0.508 e. The molecule has 0 radical (unpaired) electrons. The van der Waals surface area contributed by atoms with Crippen molar-refractivity contribution in [2.24, 2.45) is 0 Å². The number of aliphatic hydroxyl groups excluding tert-OH is 8. The van der Waals surface area contributed by atoms with E-state index in [-0.39, 0.29) is 18.1 Å². The summed E-state index contributed by atoms with van der Waals surface area (Å²) in [5.74, 6) is -1.58. The summed E-state index contributed by atoms with van der Waals surface area (Å²) in [4.78, 5) is 12.6. The Bertz CT molecular complexity index is 1600. The van der Waals surface area contributed by atoms with E-state index in [1.165, 1.54) is 43.3 Å². The highest BCUT2D eigenvalue weighted by atomic mass is 16.8. The second-order valence-electron chi connectivity index (χ2n) is 13.2. The molecule has 3 saturated heterocycles. The molecule has 304 valence electrons. The lowest BCUT2D eigenvalue weighted by atomic mass is 9.96. The third kappa shape index (κ3) is 10.4. The minimum Gasteiger partial charge on any atom is -0.508 e. The van der Waals surface area contributed by atoms with Crippen molar-refractivity contribution < 1.29 is 94.1 Å². The molecule has 0 unspecified atom stereocenters. The van der Waals surface area contributed by atoms with E-state index < -0.39 is 117 Å². The highest BCUT2D eigenvalue weighted by Gasteiger charge is 2.53. The Morgan fingerprint density at radius 1 is 0.673 bits per heavy atom. The fourth-order valence-electron chi connectivity index (χ4n) is 6.08. The van der Waals surface area contributed by atoms with Crippen molar-refractivity contribution in [3.05, 3.63) is 65.7 Å². The summed E-state index contributed by atoms with van der Waals surface area (Å²) in [6, 6.07) is 10.1. The van der Waals surface area contributed by atoms with Crippen LogP contribution in [0.4, 0.5) is 0 Å². The molecular weight excluding hydrogens is 736 g/mol. The Balaban J connectivity index is 1.26. The summed E-state index contributed by atoms with van der Waals surface area (Å²) in [5.41, 5.74) is 1.07. The lowest BCUT2D eigenvalue weighted by Gasteiger charge is -2.47. The van der Waals surface area contributed by atoms with Crippen LogP contribution in [0.5, 0.6) is 17.2 Å². The first-order valence-electron chi connectivity index (χ1n) is 17.3. The molecule has 15 atom stereocenters. The Hall–Kier alpha value is -3.77. The number of benzene rings is 2. The summed E-state index contributed by atoms with van der Waals surface area (Å²) >= 11 is 0. The molecule has 3 aliphatic rings. The van der Waals surface area contributed by atoms with E-state index in [2.05, 4.69) is 0 Å². The van der Waals surface area contributed by atoms with E-state index in [1.807, 2.05) is 0 Å². The van der Waals surface area contributed by atoms with E-state index >= 15 is 0 Å². The van der Waals surface area contributed by atoms with Crippen molar-refractivity contribution in [3.8, 4) is 17.2 Å². The molecule has 3 heterocycles. The predicted molar refractivity (Wildman–Crippen MR) is 183 cm³/mol. The van der Waals surface area contributed by atoms with Gasteiger partial charge in [-0.1, -0.05) is 30.4 Å². The summed E-state index contributed by atoms with van der Waals surface area (Å²) < 4.78 is 39.3. The van der Waals surface area contributed by atoms with Crippen LogP contribution >= 0.6 is 0 Å². The van der Waals surface area contributed by atoms with Crippen molar-refractivity contribution in [1.82, 2.24) is 0 Å². The van der Waals surface area contributed by atoms with Gasteiger partial charge in [-0.3, -0.25) is 0 Å². The number of esters is 1. The molecular formula is C36H46O19. The first-order chi connectivity index (χ1) is 26.2. The van der Waals surface area contributed by atoms with Crippen LogP contribution in [-0.4, -0.2) is 174 Å². The third-order valence-corrected chi connectivity index (χ3v) is 9.21. The Morgan fingerprint density at radius 2 is 1.31 bits per heavy atom. The van der Waals surface area contributed by atoms with Crippen molar-refractivity contribution in [1.29, 1.82) is 0 Å². The molecule has 19 heteroatoms. The van der Waals surface area contributed by atoms with Crippen molar-refractivity contribution in [2.45, 2.75) is 99.0 Å². The molecule has 0 spiro atoms. The first-order valence-corrected chi connectivity index (χ1v) is 17.3. The second kappa shape index (κ2) is 18.9. The molecule has 0 aromatic heterocycles. The van der Waals surface area contributed by atoms with Crippen LogP contribution in [0, 0.1) is 0 Å². The van der Waals surface area contributed by atoms with Crippen molar-refractivity contribution in [3.63, 3.8) is 0 Å². The van der Waals surface area contributed by atoms with Gasteiger partial charge in [-0.05, 0) is 48.4 Å². The number of carbonyl (C=O) groups excluding carboxylic acids is 1. The molecule has 3 aliphatic heterocycles. The summed E-state index contributed by atoms with van der Waals surface area (Å²) in [6.07, 6.45) is -18.8. The summed E-state index contributed by atoms with van der Waals surface area (Å²) in [5, 5.41) is 113. The highest BCUT2D eigenvalue weighted by molar-refractivity contribution is 5.87. The molecule has 0 saturated carbocycles. The highest BCUT2D eigenvalue weighted by Crippen LogP contribution is 2.33. The first kappa shape index (κ1) is 42.4. The van der Waals surface area contributed by atoms with Gasteiger partial charge in [0, 0.05) is 6.08 Å². The zero-order chi connectivity index (χ0) is 40.0. The topological polar surface area (TPSA) is 304 Å². The maximum Gasteiger partial charge on any atom is 0.330 e. The number of hydrogen-bond donors (Lipinski definition) is 11. The van der Waals surface area contributed by atoms with E-state index in [0.717, 1.165) is 6.08 Å². The zero-order valence-corrected chi connectivity index (χ0v) is 29.3. The lowest BCUT2D eigenvalue weighted by Crippen LogP contribution is -2.66. The van der Waals surface area contributed by atoms with Crippen LogP contribution in [0.2, 0.25) is 0 Å². The molecule has 3 fully saturated rings. The molecule has 2 aromatic carbocycles. The lowest BCUT2D eigenvalue weighted by molar-refractivity contribution is -0.376. The molecule has 2 aromatic rings.